The molecule has 4 heteroatoms. The van der Waals surface area contributed by atoms with E-state index in [9.17, 15) is 14.7 Å². The SMILES string of the molecule is CC(C=O)[C@@H]1CC[C@]2(CO)CC[C@]3(C)[C@H](CC[C@@H]4[C@@]5(C)CCC(=O)OC(C)(C)C5CC[C@]43C)[C@@H]12. The van der Waals surface area contributed by atoms with Crippen LogP contribution < -0.4 is 0 Å². The summed E-state index contributed by atoms with van der Waals surface area (Å²) in [5.41, 5.74) is 0.133. The zero-order valence-electron chi connectivity index (χ0n) is 22.5. The van der Waals surface area contributed by atoms with Gasteiger partial charge in [-0.3, -0.25) is 4.79 Å². The summed E-state index contributed by atoms with van der Waals surface area (Å²) >= 11 is 0. The van der Waals surface area contributed by atoms with Crippen molar-refractivity contribution in [2.75, 3.05) is 6.61 Å². The van der Waals surface area contributed by atoms with E-state index >= 15 is 0 Å². The molecule has 1 N–H and O–H groups in total. The zero-order valence-corrected chi connectivity index (χ0v) is 22.5. The quantitative estimate of drug-likeness (QED) is 0.393. The molecule has 5 aliphatic rings. The van der Waals surface area contributed by atoms with Gasteiger partial charge in [0, 0.05) is 24.9 Å². The Balaban J connectivity index is 1.55. The molecular weight excluding hydrogens is 424 g/mol. The first kappa shape index (κ1) is 24.8. The third-order valence-electron chi connectivity index (χ3n) is 13.2. The van der Waals surface area contributed by atoms with E-state index < -0.39 is 5.60 Å². The van der Waals surface area contributed by atoms with Crippen LogP contribution in [0, 0.1) is 57.2 Å². The molecule has 5 rings (SSSR count). The molecule has 1 aliphatic heterocycles. The van der Waals surface area contributed by atoms with Crippen LogP contribution in [0.4, 0.5) is 0 Å². The molecule has 0 aromatic carbocycles. The summed E-state index contributed by atoms with van der Waals surface area (Å²) < 4.78 is 6.02. The Kier molecular flexibility index (Phi) is 5.68. The normalized spacial score (nSPS) is 52.8. The smallest absolute Gasteiger partial charge is 0.306 e. The summed E-state index contributed by atoms with van der Waals surface area (Å²) in [6.45, 7) is 14.3. The van der Waals surface area contributed by atoms with E-state index in [0.717, 1.165) is 32.1 Å². The van der Waals surface area contributed by atoms with Gasteiger partial charge in [-0.1, -0.05) is 27.7 Å². The lowest BCUT2D eigenvalue weighted by atomic mass is 9.33. The number of hydrogen-bond donors (Lipinski definition) is 1. The highest BCUT2D eigenvalue weighted by molar-refractivity contribution is 5.70. The van der Waals surface area contributed by atoms with E-state index in [4.69, 9.17) is 4.74 Å². The summed E-state index contributed by atoms with van der Waals surface area (Å²) in [4.78, 5) is 24.5. The number of fused-ring (bicyclic) bond motifs is 7. The predicted molar refractivity (Wildman–Crippen MR) is 133 cm³/mol. The van der Waals surface area contributed by atoms with Gasteiger partial charge in [0.1, 0.15) is 11.9 Å². The second-order valence-electron chi connectivity index (χ2n) is 14.5. The number of aldehydes is 1. The van der Waals surface area contributed by atoms with Crippen molar-refractivity contribution in [3.05, 3.63) is 0 Å². The van der Waals surface area contributed by atoms with Crippen LogP contribution in [-0.2, 0) is 14.3 Å². The fourth-order valence-corrected chi connectivity index (χ4v) is 11.4. The minimum atomic E-state index is -0.407. The van der Waals surface area contributed by atoms with Crippen molar-refractivity contribution in [1.29, 1.82) is 0 Å². The van der Waals surface area contributed by atoms with Gasteiger partial charge in [-0.05, 0) is 117 Å². The van der Waals surface area contributed by atoms with Crippen molar-refractivity contribution in [1.82, 2.24) is 0 Å². The van der Waals surface area contributed by atoms with Crippen LogP contribution >= 0.6 is 0 Å². The third-order valence-corrected chi connectivity index (χ3v) is 13.2. The molecule has 1 saturated heterocycles. The van der Waals surface area contributed by atoms with Gasteiger partial charge in [-0.2, -0.15) is 0 Å². The van der Waals surface area contributed by atoms with Gasteiger partial charge in [0.05, 0.1) is 0 Å². The Hall–Kier alpha value is -0.900. The Labute approximate surface area is 207 Å². The lowest BCUT2D eigenvalue weighted by Gasteiger charge is -2.71. The maximum Gasteiger partial charge on any atom is 0.306 e. The van der Waals surface area contributed by atoms with E-state index in [2.05, 4.69) is 41.5 Å². The van der Waals surface area contributed by atoms with Gasteiger partial charge < -0.3 is 14.6 Å². The Morgan fingerprint density at radius 2 is 1.68 bits per heavy atom. The van der Waals surface area contributed by atoms with Crippen LogP contribution in [0.15, 0.2) is 0 Å². The van der Waals surface area contributed by atoms with Crippen molar-refractivity contribution >= 4 is 12.3 Å². The monoisotopic (exact) mass is 472 g/mol. The van der Waals surface area contributed by atoms with Crippen LogP contribution in [0.1, 0.15) is 106 Å². The van der Waals surface area contributed by atoms with Crippen molar-refractivity contribution in [2.45, 2.75) is 111 Å². The molecule has 0 spiro atoms. The first-order valence-electron chi connectivity index (χ1n) is 14.2. The van der Waals surface area contributed by atoms with Crippen molar-refractivity contribution in [2.24, 2.45) is 57.2 Å². The molecule has 0 aromatic heterocycles. The molecule has 5 fully saturated rings. The highest BCUT2D eigenvalue weighted by Crippen LogP contribution is 2.76. The number of aliphatic hydroxyl groups excluding tert-OH is 1. The molecule has 1 heterocycles. The molecule has 0 aromatic rings. The summed E-state index contributed by atoms with van der Waals surface area (Å²) in [5.74, 6) is 2.47. The maximum atomic E-state index is 12.6. The zero-order chi connectivity index (χ0) is 24.7. The highest BCUT2D eigenvalue weighted by atomic mass is 16.6. The second kappa shape index (κ2) is 7.80. The van der Waals surface area contributed by atoms with Crippen LogP contribution in [0.3, 0.4) is 0 Å². The van der Waals surface area contributed by atoms with Crippen molar-refractivity contribution in [3.63, 3.8) is 0 Å². The predicted octanol–water partition coefficient (Wildman–Crippen LogP) is 6.19. The van der Waals surface area contributed by atoms with Gasteiger partial charge in [0.2, 0.25) is 0 Å². The summed E-state index contributed by atoms with van der Waals surface area (Å²) in [6.07, 6.45) is 11.8. The minimum absolute atomic E-state index is 0.0149. The standard InChI is InChI=1S/C30H48O4/c1-19(17-31)20-9-14-30(18-32)16-15-28(5)21(25(20)30)7-8-23-27(4)12-11-24(33)34-26(2,3)22(27)10-13-29(23,28)6/h17,19-23,25,32H,7-16,18H2,1-6H3/t19?,20-,21+,22?,23+,25+,27-,28+,29+,30+/m0/s1. The third kappa shape index (κ3) is 3.05. The number of esters is 1. The van der Waals surface area contributed by atoms with E-state index in [0.29, 0.717) is 36.0 Å². The summed E-state index contributed by atoms with van der Waals surface area (Å²) in [6, 6.07) is 0. The number of carbonyl (C=O) groups excluding carboxylic acids is 2. The average molecular weight is 473 g/mol. The van der Waals surface area contributed by atoms with E-state index in [1.165, 1.54) is 32.0 Å². The lowest BCUT2D eigenvalue weighted by molar-refractivity contribution is -0.237. The van der Waals surface area contributed by atoms with Gasteiger partial charge in [0.15, 0.2) is 0 Å². The molecule has 4 nitrogen and oxygen atoms in total. The molecule has 10 atom stereocenters. The molecule has 4 aliphatic carbocycles. The molecule has 2 unspecified atom stereocenters. The van der Waals surface area contributed by atoms with Gasteiger partial charge >= 0.3 is 5.97 Å². The molecule has 34 heavy (non-hydrogen) atoms. The van der Waals surface area contributed by atoms with Crippen LogP contribution in [0.5, 0.6) is 0 Å². The fourth-order valence-electron chi connectivity index (χ4n) is 11.4. The molecule has 0 radical (unpaired) electrons. The number of cyclic esters (lactones) is 1. The molecule has 0 amide bonds. The number of carbonyl (C=O) groups is 2. The second-order valence-corrected chi connectivity index (χ2v) is 14.5. The summed E-state index contributed by atoms with van der Waals surface area (Å²) in [7, 11) is 0. The molecule has 4 saturated carbocycles. The number of rotatable bonds is 3. The minimum Gasteiger partial charge on any atom is -0.459 e. The van der Waals surface area contributed by atoms with E-state index in [1.807, 2.05) is 0 Å². The topological polar surface area (TPSA) is 63.6 Å². The highest BCUT2D eigenvalue weighted by Gasteiger charge is 2.70. The Morgan fingerprint density at radius 3 is 2.35 bits per heavy atom. The first-order valence-corrected chi connectivity index (χ1v) is 14.2. The van der Waals surface area contributed by atoms with Gasteiger partial charge in [0.25, 0.3) is 0 Å². The summed E-state index contributed by atoms with van der Waals surface area (Å²) in [5, 5.41) is 10.7. The Morgan fingerprint density at radius 1 is 0.941 bits per heavy atom. The molecular formula is C30H48O4. The number of aliphatic hydroxyl groups is 1. The first-order chi connectivity index (χ1) is 15.9. The van der Waals surface area contributed by atoms with Crippen LogP contribution in [0.2, 0.25) is 0 Å². The fraction of sp³-hybridized carbons (Fsp3) is 0.933. The number of ether oxygens (including phenoxy) is 1. The maximum absolute atomic E-state index is 12.6. The number of hydrogen-bond acceptors (Lipinski definition) is 4. The largest absolute Gasteiger partial charge is 0.459 e. The van der Waals surface area contributed by atoms with E-state index in [1.54, 1.807) is 0 Å². The average Bonchev–Trinajstić information content (AvgIpc) is 3.13. The lowest BCUT2D eigenvalue weighted by Crippen LogP contribution is -2.65. The Bertz CT molecular complexity index is 851. The van der Waals surface area contributed by atoms with E-state index in [-0.39, 0.29) is 40.2 Å². The molecule has 192 valence electrons. The van der Waals surface area contributed by atoms with Gasteiger partial charge in [-0.15, -0.1) is 0 Å². The molecule has 0 bridgehead atoms. The van der Waals surface area contributed by atoms with Crippen molar-refractivity contribution in [3.8, 4) is 0 Å². The van der Waals surface area contributed by atoms with Gasteiger partial charge in [-0.25, -0.2) is 0 Å². The van der Waals surface area contributed by atoms with Crippen molar-refractivity contribution < 1.29 is 19.4 Å². The van der Waals surface area contributed by atoms with Crippen LogP contribution in [-0.4, -0.2) is 29.6 Å². The van der Waals surface area contributed by atoms with Crippen LogP contribution in [0.25, 0.3) is 0 Å².